The van der Waals surface area contributed by atoms with Gasteiger partial charge in [0.2, 0.25) is 0 Å². The van der Waals surface area contributed by atoms with Gasteiger partial charge in [0.1, 0.15) is 0 Å². The van der Waals surface area contributed by atoms with Crippen LogP contribution < -0.4 is 0 Å². The second-order valence-electron chi connectivity index (χ2n) is 9.89. The Morgan fingerprint density at radius 2 is 1.94 bits per heavy atom. The SMILES string of the molecule is Cc1[nH]cnc1CN1CCC(c2ccc3[nH]c(-c4ccnc5[nH]ncc45)c(C(C)C)c3c2)CC1. The molecule has 34 heavy (non-hydrogen) atoms. The summed E-state index contributed by atoms with van der Waals surface area (Å²) < 4.78 is 0. The first kappa shape index (κ1) is 21.1. The molecule has 1 aliphatic heterocycles. The third-order valence-electron chi connectivity index (χ3n) is 7.43. The molecule has 3 N–H and O–H groups in total. The predicted octanol–water partition coefficient (Wildman–Crippen LogP) is 5.64. The van der Waals surface area contributed by atoms with E-state index >= 15 is 0 Å². The molecule has 174 valence electrons. The van der Waals surface area contributed by atoms with Crippen molar-refractivity contribution < 1.29 is 0 Å². The normalized spacial score (nSPS) is 15.8. The standard InChI is InChI=1S/C27H31N7/c1-16(2)25-21-12-19(18-7-10-34(11-8-18)14-24-17(3)29-15-30-24)4-5-23(21)32-26(25)20-6-9-28-27-22(20)13-31-33-27/h4-6,9,12-13,15-16,18,32H,7-8,10-11,14H2,1-3H3,(H,29,30)(H,28,31,33). The zero-order valence-electron chi connectivity index (χ0n) is 20.0. The molecule has 0 unspecified atom stereocenters. The maximum Gasteiger partial charge on any atom is 0.155 e. The quantitative estimate of drug-likeness (QED) is 0.321. The minimum atomic E-state index is 0.396. The number of aromatic amines is 3. The van der Waals surface area contributed by atoms with Gasteiger partial charge in [0.05, 0.1) is 23.9 Å². The Morgan fingerprint density at radius 1 is 1.09 bits per heavy atom. The number of aryl methyl sites for hydroxylation is 1. The van der Waals surface area contributed by atoms with E-state index in [4.69, 9.17) is 0 Å². The maximum atomic E-state index is 4.48. The molecule has 1 saturated heterocycles. The van der Waals surface area contributed by atoms with Crippen LogP contribution in [0.3, 0.4) is 0 Å². The highest BCUT2D eigenvalue weighted by atomic mass is 15.1. The van der Waals surface area contributed by atoms with Gasteiger partial charge in [0.15, 0.2) is 5.65 Å². The number of piperidine rings is 1. The predicted molar refractivity (Wildman–Crippen MR) is 136 cm³/mol. The summed E-state index contributed by atoms with van der Waals surface area (Å²) in [5, 5.41) is 9.60. The van der Waals surface area contributed by atoms with Gasteiger partial charge >= 0.3 is 0 Å². The number of nitrogens with zero attached hydrogens (tertiary/aromatic N) is 4. The van der Waals surface area contributed by atoms with E-state index in [1.54, 1.807) is 6.33 Å². The first-order valence-electron chi connectivity index (χ1n) is 12.2. The molecule has 7 heteroatoms. The molecule has 6 rings (SSSR count). The Kier molecular flexibility index (Phi) is 5.21. The topological polar surface area (TPSA) is 89.3 Å². The number of benzene rings is 1. The molecule has 1 aromatic carbocycles. The third kappa shape index (κ3) is 3.60. The molecule has 7 nitrogen and oxygen atoms in total. The van der Waals surface area contributed by atoms with Crippen molar-refractivity contribution in [1.29, 1.82) is 0 Å². The highest BCUT2D eigenvalue weighted by molar-refractivity contribution is 5.98. The third-order valence-corrected chi connectivity index (χ3v) is 7.43. The Balaban J connectivity index is 1.30. The summed E-state index contributed by atoms with van der Waals surface area (Å²) in [4.78, 5) is 18.4. The van der Waals surface area contributed by atoms with Crippen molar-refractivity contribution in [2.24, 2.45) is 0 Å². The van der Waals surface area contributed by atoms with E-state index in [1.165, 1.54) is 52.0 Å². The van der Waals surface area contributed by atoms with Crippen molar-refractivity contribution in [3.63, 3.8) is 0 Å². The number of pyridine rings is 1. The molecule has 1 fully saturated rings. The fourth-order valence-corrected chi connectivity index (χ4v) is 5.55. The number of likely N-dealkylation sites (tertiary alicyclic amines) is 1. The van der Waals surface area contributed by atoms with Gasteiger partial charge in [-0.3, -0.25) is 10.00 Å². The van der Waals surface area contributed by atoms with Crippen molar-refractivity contribution in [3.8, 4) is 11.3 Å². The van der Waals surface area contributed by atoms with Crippen molar-refractivity contribution in [2.75, 3.05) is 13.1 Å². The zero-order chi connectivity index (χ0) is 23.2. The fraction of sp³-hybridized carbons (Fsp3) is 0.370. The summed E-state index contributed by atoms with van der Waals surface area (Å²) >= 11 is 0. The van der Waals surface area contributed by atoms with Crippen LogP contribution >= 0.6 is 0 Å². The van der Waals surface area contributed by atoms with E-state index in [1.807, 2.05) is 12.4 Å². The van der Waals surface area contributed by atoms with Crippen LogP contribution in [0.4, 0.5) is 0 Å². The van der Waals surface area contributed by atoms with Crippen molar-refractivity contribution in [3.05, 3.63) is 65.5 Å². The Hall–Kier alpha value is -3.45. The number of aromatic nitrogens is 6. The molecule has 0 atom stereocenters. The van der Waals surface area contributed by atoms with E-state index in [2.05, 4.69) is 80.1 Å². The van der Waals surface area contributed by atoms with Gasteiger partial charge in [-0.05, 0) is 74.0 Å². The van der Waals surface area contributed by atoms with Crippen molar-refractivity contribution >= 4 is 21.9 Å². The van der Waals surface area contributed by atoms with Gasteiger partial charge in [-0.15, -0.1) is 0 Å². The molecule has 0 spiro atoms. The second kappa shape index (κ2) is 8.40. The number of hydrogen-bond acceptors (Lipinski definition) is 4. The first-order valence-corrected chi connectivity index (χ1v) is 12.2. The average molecular weight is 454 g/mol. The molecular formula is C27H31N7. The lowest BCUT2D eigenvalue weighted by molar-refractivity contribution is 0.202. The van der Waals surface area contributed by atoms with Crippen LogP contribution in [-0.4, -0.2) is 48.1 Å². The van der Waals surface area contributed by atoms with E-state index in [-0.39, 0.29) is 0 Å². The van der Waals surface area contributed by atoms with Gasteiger partial charge in [0, 0.05) is 40.3 Å². The highest BCUT2D eigenvalue weighted by Crippen LogP contribution is 2.39. The molecular weight excluding hydrogens is 422 g/mol. The van der Waals surface area contributed by atoms with Crippen molar-refractivity contribution in [2.45, 2.75) is 52.0 Å². The number of hydrogen-bond donors (Lipinski definition) is 3. The number of imidazole rings is 1. The van der Waals surface area contributed by atoms with E-state index < -0.39 is 0 Å². The van der Waals surface area contributed by atoms with Gasteiger partial charge in [-0.25, -0.2) is 9.97 Å². The van der Waals surface area contributed by atoms with Crippen LogP contribution in [0, 0.1) is 6.92 Å². The highest BCUT2D eigenvalue weighted by Gasteiger charge is 2.24. The Bertz CT molecular complexity index is 1450. The van der Waals surface area contributed by atoms with Crippen LogP contribution in [0.1, 0.15) is 61.0 Å². The summed E-state index contributed by atoms with van der Waals surface area (Å²) in [5.41, 5.74) is 9.53. The molecule has 5 heterocycles. The number of rotatable bonds is 5. The van der Waals surface area contributed by atoms with Crippen LogP contribution in [0.15, 0.2) is 43.0 Å². The fourth-order valence-electron chi connectivity index (χ4n) is 5.55. The Labute approximate surface area is 199 Å². The van der Waals surface area contributed by atoms with E-state index in [0.717, 1.165) is 36.2 Å². The molecule has 0 aliphatic carbocycles. The van der Waals surface area contributed by atoms with E-state index in [0.29, 0.717) is 11.8 Å². The monoisotopic (exact) mass is 453 g/mol. The van der Waals surface area contributed by atoms with Gasteiger partial charge in [-0.1, -0.05) is 19.9 Å². The number of fused-ring (bicyclic) bond motifs is 2. The lowest BCUT2D eigenvalue weighted by Gasteiger charge is -2.32. The Morgan fingerprint density at radius 3 is 2.71 bits per heavy atom. The molecule has 0 saturated carbocycles. The first-order chi connectivity index (χ1) is 16.6. The molecule has 5 aromatic rings. The summed E-state index contributed by atoms with van der Waals surface area (Å²) in [6.07, 6.45) is 7.90. The largest absolute Gasteiger partial charge is 0.354 e. The molecule has 0 radical (unpaired) electrons. The minimum Gasteiger partial charge on any atom is -0.354 e. The van der Waals surface area contributed by atoms with Crippen LogP contribution in [0.2, 0.25) is 0 Å². The smallest absolute Gasteiger partial charge is 0.155 e. The molecule has 4 aromatic heterocycles. The second-order valence-corrected chi connectivity index (χ2v) is 9.89. The van der Waals surface area contributed by atoms with Crippen LogP contribution in [-0.2, 0) is 6.54 Å². The molecule has 0 bridgehead atoms. The molecule has 0 amide bonds. The molecule has 1 aliphatic rings. The summed E-state index contributed by atoms with van der Waals surface area (Å²) in [5.74, 6) is 0.994. The summed E-state index contributed by atoms with van der Waals surface area (Å²) in [7, 11) is 0. The minimum absolute atomic E-state index is 0.396. The van der Waals surface area contributed by atoms with Gasteiger partial charge in [-0.2, -0.15) is 5.10 Å². The van der Waals surface area contributed by atoms with Crippen LogP contribution in [0.25, 0.3) is 33.2 Å². The van der Waals surface area contributed by atoms with Crippen LogP contribution in [0.5, 0.6) is 0 Å². The maximum absolute atomic E-state index is 4.48. The lowest BCUT2D eigenvalue weighted by Crippen LogP contribution is -2.32. The van der Waals surface area contributed by atoms with E-state index in [9.17, 15) is 0 Å². The lowest BCUT2D eigenvalue weighted by atomic mass is 9.87. The number of H-pyrrole nitrogens is 3. The number of nitrogens with one attached hydrogen (secondary N) is 3. The van der Waals surface area contributed by atoms with Crippen molar-refractivity contribution in [1.82, 2.24) is 35.0 Å². The average Bonchev–Trinajstić information content (AvgIpc) is 3.57. The van der Waals surface area contributed by atoms with Gasteiger partial charge in [0.25, 0.3) is 0 Å². The van der Waals surface area contributed by atoms with Gasteiger partial charge < -0.3 is 9.97 Å². The summed E-state index contributed by atoms with van der Waals surface area (Å²) in [6.45, 7) is 9.82. The zero-order valence-corrected chi connectivity index (χ0v) is 20.0. The summed E-state index contributed by atoms with van der Waals surface area (Å²) in [6, 6.07) is 9.13.